The molecule has 0 atom stereocenters. The van der Waals surface area contributed by atoms with Crippen LogP contribution >= 0.6 is 0 Å². The Labute approximate surface area is 101 Å². The van der Waals surface area contributed by atoms with Crippen molar-refractivity contribution in [3.05, 3.63) is 36.2 Å². The monoisotopic (exact) mass is 231 g/mol. The Morgan fingerprint density at radius 2 is 1.76 bits per heavy atom. The predicted molar refractivity (Wildman–Crippen MR) is 66.4 cm³/mol. The SMILES string of the molecule is CC(C)(C)n1c(CO)nnc1-c1ccccc1. The summed E-state index contributed by atoms with van der Waals surface area (Å²) >= 11 is 0. The highest BCUT2D eigenvalue weighted by Crippen LogP contribution is 2.25. The topological polar surface area (TPSA) is 50.9 Å². The Morgan fingerprint density at radius 3 is 2.29 bits per heavy atom. The van der Waals surface area contributed by atoms with Crippen LogP contribution in [-0.2, 0) is 12.1 Å². The van der Waals surface area contributed by atoms with E-state index in [2.05, 4.69) is 31.0 Å². The fourth-order valence-corrected chi connectivity index (χ4v) is 1.90. The minimum Gasteiger partial charge on any atom is -0.388 e. The third-order valence-electron chi connectivity index (χ3n) is 2.57. The van der Waals surface area contributed by atoms with E-state index in [4.69, 9.17) is 0 Å². The molecule has 90 valence electrons. The molecule has 0 radical (unpaired) electrons. The van der Waals surface area contributed by atoms with Gasteiger partial charge in [-0.25, -0.2) is 0 Å². The summed E-state index contributed by atoms with van der Waals surface area (Å²) in [6, 6.07) is 9.89. The first kappa shape index (κ1) is 11.8. The van der Waals surface area contributed by atoms with E-state index >= 15 is 0 Å². The molecule has 2 rings (SSSR count). The molecule has 1 N–H and O–H groups in total. The normalized spacial score (nSPS) is 11.8. The zero-order chi connectivity index (χ0) is 12.5. The summed E-state index contributed by atoms with van der Waals surface area (Å²) in [6.45, 7) is 6.11. The van der Waals surface area contributed by atoms with Gasteiger partial charge in [0.05, 0.1) is 0 Å². The van der Waals surface area contributed by atoms with E-state index < -0.39 is 0 Å². The highest BCUT2D eigenvalue weighted by molar-refractivity contribution is 5.55. The van der Waals surface area contributed by atoms with Crippen molar-refractivity contribution < 1.29 is 5.11 Å². The van der Waals surface area contributed by atoms with E-state index in [0.29, 0.717) is 5.82 Å². The molecule has 0 spiro atoms. The van der Waals surface area contributed by atoms with E-state index in [9.17, 15) is 5.11 Å². The summed E-state index contributed by atoms with van der Waals surface area (Å²) in [7, 11) is 0. The maximum absolute atomic E-state index is 9.32. The maximum atomic E-state index is 9.32. The largest absolute Gasteiger partial charge is 0.388 e. The van der Waals surface area contributed by atoms with Gasteiger partial charge in [0.25, 0.3) is 0 Å². The summed E-state index contributed by atoms with van der Waals surface area (Å²) in [5.41, 5.74) is 0.849. The number of hydrogen-bond acceptors (Lipinski definition) is 3. The molecular weight excluding hydrogens is 214 g/mol. The maximum Gasteiger partial charge on any atom is 0.164 e. The molecule has 1 aromatic heterocycles. The molecule has 1 aromatic carbocycles. The molecule has 1 heterocycles. The second-order valence-corrected chi connectivity index (χ2v) is 4.97. The lowest BCUT2D eigenvalue weighted by molar-refractivity contribution is 0.250. The van der Waals surface area contributed by atoms with Crippen LogP contribution in [0.4, 0.5) is 0 Å². The van der Waals surface area contributed by atoms with Crippen molar-refractivity contribution in [2.75, 3.05) is 0 Å². The molecule has 2 aromatic rings. The van der Waals surface area contributed by atoms with Crippen molar-refractivity contribution in [1.82, 2.24) is 14.8 Å². The molecule has 0 bridgehead atoms. The summed E-state index contributed by atoms with van der Waals surface area (Å²) in [5, 5.41) is 17.5. The van der Waals surface area contributed by atoms with Crippen LogP contribution in [0.5, 0.6) is 0 Å². The van der Waals surface area contributed by atoms with Crippen LogP contribution in [0.25, 0.3) is 11.4 Å². The molecule has 0 aliphatic heterocycles. The first-order valence-electron chi connectivity index (χ1n) is 5.65. The number of aliphatic hydroxyl groups is 1. The van der Waals surface area contributed by atoms with Gasteiger partial charge in [-0.15, -0.1) is 10.2 Å². The fraction of sp³-hybridized carbons (Fsp3) is 0.385. The average molecular weight is 231 g/mol. The van der Waals surface area contributed by atoms with E-state index in [-0.39, 0.29) is 12.1 Å². The van der Waals surface area contributed by atoms with Crippen LogP contribution in [0, 0.1) is 0 Å². The van der Waals surface area contributed by atoms with Crippen molar-refractivity contribution in [3.63, 3.8) is 0 Å². The molecule has 0 unspecified atom stereocenters. The van der Waals surface area contributed by atoms with E-state index in [1.807, 2.05) is 34.9 Å². The summed E-state index contributed by atoms with van der Waals surface area (Å²) in [4.78, 5) is 0. The lowest BCUT2D eigenvalue weighted by atomic mass is 10.1. The number of nitrogens with zero attached hydrogens (tertiary/aromatic N) is 3. The summed E-state index contributed by atoms with van der Waals surface area (Å²) < 4.78 is 1.97. The molecule has 0 aliphatic carbocycles. The van der Waals surface area contributed by atoms with Gasteiger partial charge >= 0.3 is 0 Å². The molecule has 0 aliphatic rings. The summed E-state index contributed by atoms with van der Waals surface area (Å²) in [5.74, 6) is 1.39. The molecular formula is C13H17N3O. The van der Waals surface area contributed by atoms with Gasteiger partial charge in [-0.1, -0.05) is 30.3 Å². The quantitative estimate of drug-likeness (QED) is 0.862. The standard InChI is InChI=1S/C13H17N3O/c1-13(2,3)16-11(9-17)14-15-12(16)10-7-5-4-6-8-10/h4-8,17H,9H2,1-3H3. The molecule has 4 heteroatoms. The van der Waals surface area contributed by atoms with Gasteiger partial charge in [-0.05, 0) is 20.8 Å². The lowest BCUT2D eigenvalue weighted by Crippen LogP contribution is -2.25. The molecule has 0 amide bonds. The average Bonchev–Trinajstić information content (AvgIpc) is 2.73. The Bertz CT molecular complexity index is 497. The number of benzene rings is 1. The Morgan fingerprint density at radius 1 is 1.12 bits per heavy atom. The third-order valence-corrected chi connectivity index (χ3v) is 2.57. The van der Waals surface area contributed by atoms with Crippen molar-refractivity contribution in [2.24, 2.45) is 0 Å². The first-order valence-corrected chi connectivity index (χ1v) is 5.65. The number of aliphatic hydroxyl groups excluding tert-OH is 1. The zero-order valence-corrected chi connectivity index (χ0v) is 10.4. The third kappa shape index (κ3) is 2.22. The van der Waals surface area contributed by atoms with Crippen LogP contribution in [0.3, 0.4) is 0 Å². The molecule has 17 heavy (non-hydrogen) atoms. The van der Waals surface area contributed by atoms with Gasteiger partial charge in [-0.3, -0.25) is 0 Å². The van der Waals surface area contributed by atoms with E-state index in [1.165, 1.54) is 0 Å². The minimum atomic E-state index is -0.160. The van der Waals surface area contributed by atoms with Crippen molar-refractivity contribution >= 4 is 0 Å². The molecule has 0 fully saturated rings. The molecule has 4 nitrogen and oxygen atoms in total. The Hall–Kier alpha value is -1.68. The Balaban J connectivity index is 2.60. The van der Waals surface area contributed by atoms with Gasteiger partial charge in [0.15, 0.2) is 11.6 Å². The van der Waals surface area contributed by atoms with Crippen LogP contribution in [0.1, 0.15) is 26.6 Å². The van der Waals surface area contributed by atoms with E-state index in [0.717, 1.165) is 11.4 Å². The Kier molecular flexibility index (Phi) is 2.98. The minimum absolute atomic E-state index is 0.100. The van der Waals surface area contributed by atoms with Gasteiger partial charge in [0, 0.05) is 11.1 Å². The highest BCUT2D eigenvalue weighted by Gasteiger charge is 2.23. The molecule has 0 saturated carbocycles. The lowest BCUT2D eigenvalue weighted by Gasteiger charge is -2.24. The van der Waals surface area contributed by atoms with Crippen molar-refractivity contribution in [2.45, 2.75) is 32.9 Å². The van der Waals surface area contributed by atoms with Crippen molar-refractivity contribution in [3.8, 4) is 11.4 Å². The van der Waals surface area contributed by atoms with Crippen LogP contribution in [-0.4, -0.2) is 19.9 Å². The number of hydrogen-bond donors (Lipinski definition) is 1. The first-order chi connectivity index (χ1) is 8.04. The smallest absolute Gasteiger partial charge is 0.164 e. The molecule has 0 saturated heterocycles. The number of aromatic nitrogens is 3. The zero-order valence-electron chi connectivity index (χ0n) is 10.4. The highest BCUT2D eigenvalue weighted by atomic mass is 16.3. The second-order valence-electron chi connectivity index (χ2n) is 4.97. The summed E-state index contributed by atoms with van der Waals surface area (Å²) in [6.07, 6.45) is 0. The van der Waals surface area contributed by atoms with Crippen molar-refractivity contribution in [1.29, 1.82) is 0 Å². The van der Waals surface area contributed by atoms with E-state index in [1.54, 1.807) is 0 Å². The second kappa shape index (κ2) is 4.30. The van der Waals surface area contributed by atoms with Crippen LogP contribution < -0.4 is 0 Å². The fourth-order valence-electron chi connectivity index (χ4n) is 1.90. The van der Waals surface area contributed by atoms with Gasteiger partial charge in [-0.2, -0.15) is 0 Å². The van der Waals surface area contributed by atoms with Gasteiger partial charge < -0.3 is 9.67 Å². The van der Waals surface area contributed by atoms with Gasteiger partial charge in [0.2, 0.25) is 0 Å². The van der Waals surface area contributed by atoms with Crippen LogP contribution in [0.2, 0.25) is 0 Å². The number of rotatable bonds is 2. The van der Waals surface area contributed by atoms with Gasteiger partial charge in [0.1, 0.15) is 6.61 Å². The predicted octanol–water partition coefficient (Wildman–Crippen LogP) is 2.19. The van der Waals surface area contributed by atoms with Crippen LogP contribution in [0.15, 0.2) is 30.3 Å².